The van der Waals surface area contributed by atoms with Gasteiger partial charge in [-0.15, -0.1) is 0 Å². The van der Waals surface area contributed by atoms with Crippen molar-refractivity contribution in [3.8, 4) is 23.0 Å². The Balaban J connectivity index is 1.46. The highest BCUT2D eigenvalue weighted by atomic mass is 19.1. The van der Waals surface area contributed by atoms with E-state index in [0.29, 0.717) is 64.2 Å². The molecule has 2 atom stereocenters. The molecule has 0 saturated carbocycles. The number of halogens is 1. The van der Waals surface area contributed by atoms with Gasteiger partial charge >= 0.3 is 5.97 Å². The molecule has 2 aromatic carbocycles. The maximum Gasteiger partial charge on any atom is 0.341 e. The number of nitrogens with zero attached hydrogens (tertiary/aromatic N) is 5. The quantitative estimate of drug-likeness (QED) is 0.400. The summed E-state index contributed by atoms with van der Waals surface area (Å²) in [5, 5.41) is 19.5. The summed E-state index contributed by atoms with van der Waals surface area (Å²) in [7, 11) is 0. The molecule has 4 aromatic rings. The fourth-order valence-electron chi connectivity index (χ4n) is 5.42. The Morgan fingerprint density at radius 3 is 2.64 bits per heavy atom. The van der Waals surface area contributed by atoms with Crippen LogP contribution in [-0.4, -0.2) is 53.0 Å². The monoisotopic (exact) mass is 527 g/mol. The van der Waals surface area contributed by atoms with Crippen molar-refractivity contribution in [1.82, 2.24) is 9.55 Å². The summed E-state index contributed by atoms with van der Waals surface area (Å²) in [6, 6.07) is 14.5. The summed E-state index contributed by atoms with van der Waals surface area (Å²) < 4.78 is 21.5. The molecule has 2 fully saturated rings. The number of anilines is 2. The van der Waals surface area contributed by atoms with Crippen LogP contribution in [0.1, 0.15) is 35.7 Å². The van der Waals surface area contributed by atoms with Gasteiger partial charge < -0.3 is 23.9 Å². The van der Waals surface area contributed by atoms with Gasteiger partial charge in [-0.05, 0) is 43.0 Å². The molecule has 198 valence electrons. The second-order valence-corrected chi connectivity index (χ2v) is 10.3. The van der Waals surface area contributed by atoms with E-state index < -0.39 is 17.6 Å². The molecule has 2 unspecified atom stereocenters. The molecule has 0 bridgehead atoms. The fourth-order valence-corrected chi connectivity index (χ4v) is 5.42. The van der Waals surface area contributed by atoms with E-state index in [9.17, 15) is 24.3 Å². The van der Waals surface area contributed by atoms with Gasteiger partial charge in [-0.2, -0.15) is 10.2 Å². The lowest BCUT2D eigenvalue weighted by Gasteiger charge is -2.20. The van der Waals surface area contributed by atoms with Gasteiger partial charge in [-0.25, -0.2) is 9.18 Å². The first-order chi connectivity index (χ1) is 18.8. The highest BCUT2D eigenvalue weighted by Gasteiger charge is 2.25. The van der Waals surface area contributed by atoms with Gasteiger partial charge in [0.1, 0.15) is 23.3 Å². The van der Waals surface area contributed by atoms with E-state index >= 15 is 0 Å². The molecule has 6 rings (SSSR count). The molecule has 2 aromatic heterocycles. The minimum Gasteiger partial charge on any atom is -0.477 e. The van der Waals surface area contributed by atoms with E-state index in [2.05, 4.69) is 22.9 Å². The van der Waals surface area contributed by atoms with Crippen LogP contribution in [0.25, 0.3) is 28.0 Å². The maximum atomic E-state index is 13.8. The molecule has 9 nitrogen and oxygen atoms in total. The van der Waals surface area contributed by atoms with E-state index in [-0.39, 0.29) is 12.1 Å². The molecular formula is C29H26FN5O4. The maximum absolute atomic E-state index is 13.8. The van der Waals surface area contributed by atoms with E-state index in [1.807, 2.05) is 4.90 Å². The van der Waals surface area contributed by atoms with Crippen LogP contribution in [-0.2, 0) is 0 Å². The number of nitriles is 1. The Morgan fingerprint density at radius 1 is 1.13 bits per heavy atom. The largest absolute Gasteiger partial charge is 0.477 e. The van der Waals surface area contributed by atoms with E-state index in [0.717, 1.165) is 19.5 Å². The van der Waals surface area contributed by atoms with Crippen LogP contribution in [0.2, 0.25) is 0 Å². The number of carboxylic acid groups (broad SMARTS) is 1. The highest BCUT2D eigenvalue weighted by Crippen LogP contribution is 2.32. The van der Waals surface area contributed by atoms with E-state index in [4.69, 9.17) is 4.42 Å². The van der Waals surface area contributed by atoms with Gasteiger partial charge in [0.15, 0.2) is 11.0 Å². The summed E-state index contributed by atoms with van der Waals surface area (Å²) >= 11 is 0. The third-order valence-corrected chi connectivity index (χ3v) is 7.50. The second kappa shape index (κ2) is 9.58. The van der Waals surface area contributed by atoms with Crippen LogP contribution < -0.4 is 15.2 Å². The van der Waals surface area contributed by atoms with Crippen molar-refractivity contribution in [3.63, 3.8) is 0 Å². The van der Waals surface area contributed by atoms with Crippen molar-refractivity contribution in [2.45, 2.75) is 25.9 Å². The Hall–Kier alpha value is -4.65. The van der Waals surface area contributed by atoms with Gasteiger partial charge in [0.25, 0.3) is 6.01 Å². The minimum absolute atomic E-state index is 0.224. The fraction of sp³-hybridized carbons (Fsp3) is 0.310. The summed E-state index contributed by atoms with van der Waals surface area (Å²) in [4.78, 5) is 33.1. The number of aromatic nitrogens is 2. The molecule has 39 heavy (non-hydrogen) atoms. The summed E-state index contributed by atoms with van der Waals surface area (Å²) in [6.07, 6.45) is 1.82. The first-order valence-electron chi connectivity index (χ1n) is 12.9. The minimum atomic E-state index is -1.34. The normalized spacial score (nSPS) is 19.1. The number of hydrogen-bond donors (Lipinski definition) is 1. The number of hydrogen-bond acceptors (Lipinski definition) is 7. The van der Waals surface area contributed by atoms with Gasteiger partial charge in [-0.3, -0.25) is 4.79 Å². The second-order valence-electron chi connectivity index (χ2n) is 10.3. The average Bonchev–Trinajstić information content (AvgIpc) is 3.67. The first kappa shape index (κ1) is 24.7. The predicted molar refractivity (Wildman–Crippen MR) is 144 cm³/mol. The van der Waals surface area contributed by atoms with E-state index in [1.54, 1.807) is 41.0 Å². The third kappa shape index (κ3) is 4.50. The molecular weight excluding hydrogens is 501 g/mol. The molecule has 0 amide bonds. The smallest absolute Gasteiger partial charge is 0.341 e. The molecule has 10 heteroatoms. The van der Waals surface area contributed by atoms with Gasteiger partial charge in [0.05, 0.1) is 16.9 Å². The average molecular weight is 528 g/mol. The molecule has 0 radical (unpaired) electrons. The zero-order chi connectivity index (χ0) is 27.3. The van der Waals surface area contributed by atoms with Crippen LogP contribution in [0.3, 0.4) is 0 Å². The zero-order valence-electron chi connectivity index (χ0n) is 21.3. The van der Waals surface area contributed by atoms with Crippen molar-refractivity contribution in [1.29, 1.82) is 5.26 Å². The van der Waals surface area contributed by atoms with Crippen LogP contribution >= 0.6 is 0 Å². The van der Waals surface area contributed by atoms with Crippen LogP contribution in [0.15, 0.2) is 57.9 Å². The zero-order valence-corrected chi connectivity index (χ0v) is 21.3. The predicted octanol–water partition coefficient (Wildman–Crippen LogP) is 4.61. The van der Waals surface area contributed by atoms with Gasteiger partial charge in [-0.1, -0.05) is 13.0 Å². The lowest BCUT2D eigenvalue weighted by molar-refractivity contribution is 0.0695. The van der Waals surface area contributed by atoms with Gasteiger partial charge in [0.2, 0.25) is 0 Å². The summed E-state index contributed by atoms with van der Waals surface area (Å²) in [6.45, 7) is 4.66. The number of alkyl halides is 1. The standard InChI is InChI=1S/C29H26FN5O4/c1-17-6-8-34(14-17)29-32-23-4-3-21(11-27(23)39-29)35-16-22(28(37)38)26(36)12-25(35)18-2-5-24(19(10-18)13-31)33-9-7-20(30)15-33/h2-5,10-12,16-17,20H,6-9,14-15H2,1H3,(H,37,38). The summed E-state index contributed by atoms with van der Waals surface area (Å²) in [5.74, 6) is -0.781. The van der Waals surface area contributed by atoms with Crippen LogP contribution in [0.5, 0.6) is 0 Å². The lowest BCUT2D eigenvalue weighted by Crippen LogP contribution is -2.21. The molecule has 1 N–H and O–H groups in total. The molecule has 2 saturated heterocycles. The number of oxazole rings is 1. The van der Waals surface area contributed by atoms with Crippen molar-refractivity contribution < 1.29 is 18.7 Å². The Bertz CT molecular complexity index is 1700. The Labute approximate surface area is 223 Å². The Kier molecular flexibility index (Phi) is 6.06. The molecule has 0 aliphatic carbocycles. The molecule has 2 aliphatic rings. The topological polar surface area (TPSA) is 116 Å². The number of pyridine rings is 1. The number of carboxylic acids is 1. The molecule has 2 aliphatic heterocycles. The van der Waals surface area contributed by atoms with Gasteiger partial charge in [0, 0.05) is 55.8 Å². The molecule has 4 heterocycles. The Morgan fingerprint density at radius 2 is 1.95 bits per heavy atom. The summed E-state index contributed by atoms with van der Waals surface area (Å²) in [5.41, 5.74) is 2.67. The number of carbonyl (C=O) groups is 1. The van der Waals surface area contributed by atoms with Crippen molar-refractivity contribution in [3.05, 3.63) is 70.0 Å². The number of benzene rings is 2. The lowest BCUT2D eigenvalue weighted by atomic mass is 10.0. The number of aromatic carboxylic acids is 1. The van der Waals surface area contributed by atoms with Crippen molar-refractivity contribution >= 4 is 28.8 Å². The molecule has 0 spiro atoms. The first-order valence-corrected chi connectivity index (χ1v) is 12.9. The van der Waals surface area contributed by atoms with E-state index in [1.165, 1.54) is 12.3 Å². The van der Waals surface area contributed by atoms with Crippen molar-refractivity contribution in [2.24, 2.45) is 5.92 Å². The number of fused-ring (bicyclic) bond motifs is 1. The van der Waals surface area contributed by atoms with Crippen LogP contribution in [0.4, 0.5) is 16.1 Å². The third-order valence-electron chi connectivity index (χ3n) is 7.50. The number of rotatable bonds is 5. The van der Waals surface area contributed by atoms with Crippen LogP contribution in [0, 0.1) is 17.2 Å². The van der Waals surface area contributed by atoms with Crippen molar-refractivity contribution in [2.75, 3.05) is 36.0 Å². The SMILES string of the molecule is CC1CCN(c2nc3ccc(-n4cc(C(=O)O)c(=O)cc4-c4ccc(N5CCC(F)C5)c(C#N)c4)cc3o2)C1. The highest BCUT2D eigenvalue weighted by molar-refractivity contribution is 5.88.